The third-order valence-electron chi connectivity index (χ3n) is 4.99. The smallest absolute Gasteiger partial charge is 0.338 e. The highest BCUT2D eigenvalue weighted by Crippen LogP contribution is 2.21. The Morgan fingerprint density at radius 3 is 2.63 bits per heavy atom. The average molecular weight is 371 g/mol. The van der Waals surface area contributed by atoms with Crippen LogP contribution in [0.5, 0.6) is 0 Å². The maximum Gasteiger partial charge on any atom is 0.338 e. The molecule has 3 rings (SSSR count). The minimum absolute atomic E-state index is 0.0880. The van der Waals surface area contributed by atoms with Gasteiger partial charge in [0, 0.05) is 30.1 Å². The molecule has 1 aliphatic heterocycles. The summed E-state index contributed by atoms with van der Waals surface area (Å²) in [6, 6.07) is 8.29. The van der Waals surface area contributed by atoms with E-state index in [1.165, 1.54) is 0 Å². The number of ketones is 1. The van der Waals surface area contributed by atoms with E-state index in [2.05, 4.69) is 4.57 Å². The monoisotopic (exact) mass is 371 g/mol. The molecule has 1 aromatic carbocycles. The number of esters is 1. The molecule has 2 heterocycles. The number of hydrogen-bond donors (Lipinski definition) is 1. The molecule has 0 aliphatic carbocycles. The second-order valence-electron chi connectivity index (χ2n) is 6.88. The van der Waals surface area contributed by atoms with Crippen molar-refractivity contribution in [1.82, 2.24) is 4.57 Å². The number of aliphatic hydroxyl groups excluding tert-OH is 1. The van der Waals surface area contributed by atoms with Crippen molar-refractivity contribution in [3.63, 3.8) is 0 Å². The molecule has 1 fully saturated rings. The van der Waals surface area contributed by atoms with Crippen LogP contribution in [-0.2, 0) is 22.6 Å². The zero-order valence-electron chi connectivity index (χ0n) is 15.7. The molecule has 0 radical (unpaired) electrons. The van der Waals surface area contributed by atoms with Crippen LogP contribution in [0.4, 0.5) is 0 Å². The van der Waals surface area contributed by atoms with Crippen LogP contribution in [-0.4, -0.2) is 40.7 Å². The molecule has 1 atom stereocenters. The third kappa shape index (κ3) is 4.46. The predicted octanol–water partition coefficient (Wildman–Crippen LogP) is 2.82. The number of Topliss-reactive ketones (excluding diaryl/α,β-unsaturated/α-hetero) is 1. The summed E-state index contributed by atoms with van der Waals surface area (Å²) in [5, 5.41) is 9.04. The summed E-state index contributed by atoms with van der Waals surface area (Å²) in [5.74, 6) is -0.775. The standard InChI is InChI=1S/C21H25NO5/c1-14-10-19(15(2)22(14)11-18-4-3-9-26-18)20(24)13-27-21(25)17-7-5-16(12-23)6-8-17/h5-8,10,18,23H,3-4,9,11-13H2,1-2H3/t18-/m0/s1. The van der Waals surface area contributed by atoms with Gasteiger partial charge in [-0.1, -0.05) is 12.1 Å². The number of benzene rings is 1. The first-order chi connectivity index (χ1) is 13.0. The van der Waals surface area contributed by atoms with Crippen LogP contribution in [0.2, 0.25) is 0 Å². The summed E-state index contributed by atoms with van der Waals surface area (Å²) in [6.45, 7) is 5.02. The molecule has 1 N–H and O–H groups in total. The minimum atomic E-state index is -0.555. The lowest BCUT2D eigenvalue weighted by atomic mass is 10.1. The molecule has 27 heavy (non-hydrogen) atoms. The molecule has 1 saturated heterocycles. The van der Waals surface area contributed by atoms with Gasteiger partial charge in [0.2, 0.25) is 5.78 Å². The molecule has 144 valence electrons. The van der Waals surface area contributed by atoms with E-state index in [0.29, 0.717) is 16.7 Å². The molecule has 0 unspecified atom stereocenters. The van der Waals surface area contributed by atoms with Crippen LogP contribution in [0, 0.1) is 13.8 Å². The Morgan fingerprint density at radius 2 is 2.00 bits per heavy atom. The molecule has 1 aliphatic rings. The maximum atomic E-state index is 12.5. The molecular formula is C21H25NO5. The third-order valence-corrected chi connectivity index (χ3v) is 4.99. The van der Waals surface area contributed by atoms with Gasteiger partial charge in [0.05, 0.1) is 18.3 Å². The topological polar surface area (TPSA) is 77.8 Å². The Morgan fingerprint density at radius 1 is 1.26 bits per heavy atom. The fourth-order valence-electron chi connectivity index (χ4n) is 3.39. The Labute approximate surface area is 158 Å². The van der Waals surface area contributed by atoms with E-state index in [1.54, 1.807) is 24.3 Å². The number of carbonyl (C=O) groups excluding carboxylic acids is 2. The highest BCUT2D eigenvalue weighted by atomic mass is 16.5. The van der Waals surface area contributed by atoms with Crippen LogP contribution < -0.4 is 0 Å². The quantitative estimate of drug-likeness (QED) is 0.598. The van der Waals surface area contributed by atoms with Gasteiger partial charge < -0.3 is 19.1 Å². The van der Waals surface area contributed by atoms with Gasteiger partial charge in [-0.15, -0.1) is 0 Å². The van der Waals surface area contributed by atoms with Crippen molar-refractivity contribution in [1.29, 1.82) is 0 Å². The molecule has 0 amide bonds. The Balaban J connectivity index is 1.62. The van der Waals surface area contributed by atoms with Crippen LogP contribution in [0.25, 0.3) is 0 Å². The van der Waals surface area contributed by atoms with E-state index < -0.39 is 5.97 Å². The molecule has 6 heteroatoms. The van der Waals surface area contributed by atoms with Crippen LogP contribution in [0.15, 0.2) is 30.3 Å². The van der Waals surface area contributed by atoms with Crippen LogP contribution >= 0.6 is 0 Å². The van der Waals surface area contributed by atoms with Gasteiger partial charge in [-0.3, -0.25) is 4.79 Å². The fraction of sp³-hybridized carbons (Fsp3) is 0.429. The number of nitrogens with zero attached hydrogens (tertiary/aromatic N) is 1. The van der Waals surface area contributed by atoms with E-state index in [9.17, 15) is 9.59 Å². The number of rotatable bonds is 7. The largest absolute Gasteiger partial charge is 0.454 e. The summed E-state index contributed by atoms with van der Waals surface area (Å²) in [5.41, 5.74) is 3.51. The van der Waals surface area contributed by atoms with Gasteiger partial charge in [-0.2, -0.15) is 0 Å². The first kappa shape index (κ1) is 19.3. The van der Waals surface area contributed by atoms with Gasteiger partial charge in [-0.05, 0) is 50.5 Å². The van der Waals surface area contributed by atoms with E-state index in [-0.39, 0.29) is 25.1 Å². The SMILES string of the molecule is Cc1cc(C(=O)COC(=O)c2ccc(CO)cc2)c(C)n1C[C@@H]1CCCO1. The Kier molecular flexibility index (Phi) is 6.08. The number of aryl methyl sites for hydroxylation is 1. The van der Waals surface area contributed by atoms with Gasteiger partial charge >= 0.3 is 5.97 Å². The lowest BCUT2D eigenvalue weighted by Gasteiger charge is -2.14. The second kappa shape index (κ2) is 8.50. The van der Waals surface area contributed by atoms with Crippen LogP contribution in [0.1, 0.15) is 50.5 Å². The molecule has 2 aromatic rings. The molecule has 1 aromatic heterocycles. The summed E-state index contributed by atoms with van der Waals surface area (Å²) in [4.78, 5) is 24.7. The first-order valence-corrected chi connectivity index (χ1v) is 9.18. The number of aliphatic hydroxyl groups is 1. The van der Waals surface area contributed by atoms with E-state index in [1.807, 2.05) is 19.9 Å². The normalized spacial score (nSPS) is 16.5. The highest BCUT2D eigenvalue weighted by Gasteiger charge is 2.21. The van der Waals surface area contributed by atoms with Crippen molar-refractivity contribution in [3.05, 3.63) is 58.4 Å². The summed E-state index contributed by atoms with van der Waals surface area (Å²) < 4.78 is 13.0. The zero-order chi connectivity index (χ0) is 19.4. The number of hydrogen-bond acceptors (Lipinski definition) is 5. The Hall–Kier alpha value is -2.44. The minimum Gasteiger partial charge on any atom is -0.454 e. The number of aromatic nitrogens is 1. The number of carbonyl (C=O) groups is 2. The summed E-state index contributed by atoms with van der Waals surface area (Å²) in [6.07, 6.45) is 2.30. The first-order valence-electron chi connectivity index (χ1n) is 9.18. The predicted molar refractivity (Wildman–Crippen MR) is 99.9 cm³/mol. The van der Waals surface area contributed by atoms with Crippen LogP contribution in [0.3, 0.4) is 0 Å². The highest BCUT2D eigenvalue weighted by molar-refractivity contribution is 6.00. The van der Waals surface area contributed by atoms with Gasteiger partial charge in [0.15, 0.2) is 6.61 Å². The van der Waals surface area contributed by atoms with Gasteiger partial charge in [0.1, 0.15) is 0 Å². The molecule has 0 spiro atoms. The molecule has 0 bridgehead atoms. The van der Waals surface area contributed by atoms with E-state index >= 15 is 0 Å². The lowest BCUT2D eigenvalue weighted by Crippen LogP contribution is -2.18. The van der Waals surface area contributed by atoms with Crippen molar-refractivity contribution in [2.45, 2.75) is 45.9 Å². The summed E-state index contributed by atoms with van der Waals surface area (Å²) in [7, 11) is 0. The average Bonchev–Trinajstić information content (AvgIpc) is 3.29. The number of ether oxygens (including phenoxy) is 2. The molecule has 0 saturated carbocycles. The van der Waals surface area contributed by atoms with Crippen molar-refractivity contribution < 1.29 is 24.2 Å². The van der Waals surface area contributed by atoms with Gasteiger partial charge in [0.25, 0.3) is 0 Å². The van der Waals surface area contributed by atoms with Crippen molar-refractivity contribution in [3.8, 4) is 0 Å². The van der Waals surface area contributed by atoms with E-state index in [4.69, 9.17) is 14.6 Å². The van der Waals surface area contributed by atoms with Crippen molar-refractivity contribution in [2.24, 2.45) is 0 Å². The maximum absolute atomic E-state index is 12.5. The zero-order valence-corrected chi connectivity index (χ0v) is 15.7. The van der Waals surface area contributed by atoms with Crippen molar-refractivity contribution >= 4 is 11.8 Å². The molecular weight excluding hydrogens is 346 g/mol. The summed E-state index contributed by atoms with van der Waals surface area (Å²) >= 11 is 0. The lowest BCUT2D eigenvalue weighted by molar-refractivity contribution is 0.0474. The second-order valence-corrected chi connectivity index (χ2v) is 6.88. The fourth-order valence-corrected chi connectivity index (χ4v) is 3.39. The van der Waals surface area contributed by atoms with E-state index in [0.717, 1.165) is 37.4 Å². The van der Waals surface area contributed by atoms with Gasteiger partial charge in [-0.25, -0.2) is 4.79 Å². The van der Waals surface area contributed by atoms with Crippen molar-refractivity contribution in [2.75, 3.05) is 13.2 Å². The molecule has 6 nitrogen and oxygen atoms in total. The Bertz CT molecular complexity index is 816.